The quantitative estimate of drug-likeness (QED) is 0.317. The zero-order chi connectivity index (χ0) is 18.1. The van der Waals surface area contributed by atoms with Crippen LogP contribution in [-0.2, 0) is 0 Å². The number of aromatic nitrogens is 2. The predicted molar refractivity (Wildman–Crippen MR) is 95.2 cm³/mol. The number of hydrogen-bond donors (Lipinski definition) is 1. The van der Waals surface area contributed by atoms with Gasteiger partial charge in [0.25, 0.3) is 5.69 Å². The van der Waals surface area contributed by atoms with E-state index in [1.54, 1.807) is 24.3 Å². The lowest BCUT2D eigenvalue weighted by Crippen LogP contribution is -2.16. The summed E-state index contributed by atoms with van der Waals surface area (Å²) in [6, 6.07) is 9.52. The molecule has 9 heteroatoms. The lowest BCUT2D eigenvalue weighted by Gasteiger charge is -2.18. The van der Waals surface area contributed by atoms with Crippen molar-refractivity contribution in [3.63, 3.8) is 0 Å². The maximum atomic E-state index is 12.4. The first-order chi connectivity index (χ1) is 12.6. The Morgan fingerprint density at radius 1 is 1.19 bits per heavy atom. The SMILES string of the molecule is O=C(CSc1nc2ccc([N+](=O)[O-])cc2[nH]1)c1ccc2c(c1)OCCO2. The van der Waals surface area contributed by atoms with E-state index < -0.39 is 4.92 Å². The van der Waals surface area contributed by atoms with Gasteiger partial charge in [0.15, 0.2) is 22.4 Å². The average molecular weight is 371 g/mol. The van der Waals surface area contributed by atoms with Crippen molar-refractivity contribution >= 4 is 34.3 Å². The van der Waals surface area contributed by atoms with Crippen LogP contribution < -0.4 is 9.47 Å². The van der Waals surface area contributed by atoms with E-state index in [4.69, 9.17) is 9.47 Å². The van der Waals surface area contributed by atoms with Gasteiger partial charge in [-0.2, -0.15) is 0 Å². The summed E-state index contributed by atoms with van der Waals surface area (Å²) in [5, 5.41) is 11.4. The number of hydrogen-bond acceptors (Lipinski definition) is 7. The molecule has 0 saturated carbocycles. The minimum absolute atomic E-state index is 0.00921. The number of H-pyrrole nitrogens is 1. The molecule has 0 spiro atoms. The van der Waals surface area contributed by atoms with Crippen LogP contribution in [0.15, 0.2) is 41.6 Å². The molecule has 0 fully saturated rings. The van der Waals surface area contributed by atoms with Crippen molar-refractivity contribution in [1.29, 1.82) is 0 Å². The Morgan fingerprint density at radius 2 is 2.00 bits per heavy atom. The topological polar surface area (TPSA) is 107 Å². The van der Waals surface area contributed by atoms with Crippen LogP contribution in [0.2, 0.25) is 0 Å². The Hall–Kier alpha value is -3.07. The molecular formula is C17H13N3O5S. The van der Waals surface area contributed by atoms with Crippen LogP contribution >= 0.6 is 11.8 Å². The molecule has 0 amide bonds. The first kappa shape index (κ1) is 16.4. The summed E-state index contributed by atoms with van der Waals surface area (Å²) in [5.41, 5.74) is 1.71. The van der Waals surface area contributed by atoms with Crippen molar-refractivity contribution in [2.24, 2.45) is 0 Å². The highest BCUT2D eigenvalue weighted by molar-refractivity contribution is 7.99. The van der Waals surface area contributed by atoms with Gasteiger partial charge >= 0.3 is 0 Å². The van der Waals surface area contributed by atoms with Gasteiger partial charge in [-0.1, -0.05) is 11.8 Å². The molecule has 0 aliphatic carbocycles. The largest absolute Gasteiger partial charge is 0.486 e. The van der Waals surface area contributed by atoms with Crippen molar-refractivity contribution in [1.82, 2.24) is 9.97 Å². The highest BCUT2D eigenvalue weighted by Gasteiger charge is 2.16. The number of thioether (sulfide) groups is 1. The molecule has 8 nitrogen and oxygen atoms in total. The average Bonchev–Trinajstić information content (AvgIpc) is 3.07. The van der Waals surface area contributed by atoms with Gasteiger partial charge in [-0.15, -0.1) is 0 Å². The van der Waals surface area contributed by atoms with E-state index >= 15 is 0 Å². The normalized spacial score (nSPS) is 12.9. The van der Waals surface area contributed by atoms with Gasteiger partial charge in [0.05, 0.1) is 21.7 Å². The molecule has 2 aromatic carbocycles. The molecule has 0 radical (unpaired) electrons. The minimum atomic E-state index is -0.460. The molecule has 3 aromatic rings. The van der Waals surface area contributed by atoms with E-state index in [-0.39, 0.29) is 17.2 Å². The lowest BCUT2D eigenvalue weighted by molar-refractivity contribution is -0.384. The molecule has 1 N–H and O–H groups in total. The molecule has 2 heterocycles. The van der Waals surface area contributed by atoms with E-state index in [1.165, 1.54) is 23.9 Å². The maximum Gasteiger partial charge on any atom is 0.271 e. The van der Waals surface area contributed by atoms with Crippen molar-refractivity contribution in [3.05, 3.63) is 52.1 Å². The number of carbonyl (C=O) groups excluding carboxylic acids is 1. The smallest absolute Gasteiger partial charge is 0.271 e. The van der Waals surface area contributed by atoms with Crippen LogP contribution in [-0.4, -0.2) is 39.6 Å². The summed E-state index contributed by atoms with van der Waals surface area (Å²) in [6.45, 7) is 0.963. The number of nitrogens with one attached hydrogen (secondary N) is 1. The van der Waals surface area contributed by atoms with Crippen molar-refractivity contribution in [2.75, 3.05) is 19.0 Å². The van der Waals surface area contributed by atoms with Gasteiger partial charge in [0.2, 0.25) is 0 Å². The zero-order valence-electron chi connectivity index (χ0n) is 13.4. The third-order valence-corrected chi connectivity index (χ3v) is 4.73. The second kappa shape index (κ2) is 6.68. The van der Waals surface area contributed by atoms with E-state index in [2.05, 4.69) is 9.97 Å². The Balaban J connectivity index is 1.47. The van der Waals surface area contributed by atoms with Gasteiger partial charge in [0.1, 0.15) is 13.2 Å². The fraction of sp³-hybridized carbons (Fsp3) is 0.176. The second-order valence-corrected chi connectivity index (χ2v) is 6.53. The number of nitro groups is 1. The van der Waals surface area contributed by atoms with Crippen LogP contribution in [0.3, 0.4) is 0 Å². The fourth-order valence-electron chi connectivity index (χ4n) is 2.59. The number of Topliss-reactive ketones (excluding diaryl/α,β-unsaturated/α-hetero) is 1. The zero-order valence-corrected chi connectivity index (χ0v) is 14.2. The van der Waals surface area contributed by atoms with E-state index in [0.29, 0.717) is 46.5 Å². The minimum Gasteiger partial charge on any atom is -0.486 e. The number of non-ortho nitro benzene ring substituents is 1. The highest BCUT2D eigenvalue weighted by Crippen LogP contribution is 2.31. The summed E-state index contributed by atoms with van der Waals surface area (Å²) in [5.74, 6) is 1.32. The number of ketones is 1. The summed E-state index contributed by atoms with van der Waals surface area (Å²) in [7, 11) is 0. The van der Waals surface area contributed by atoms with Crippen LogP contribution in [0, 0.1) is 10.1 Å². The summed E-state index contributed by atoms with van der Waals surface area (Å²) in [6.07, 6.45) is 0. The molecule has 4 rings (SSSR count). The number of ether oxygens (including phenoxy) is 2. The molecule has 1 aliphatic rings. The first-order valence-corrected chi connectivity index (χ1v) is 8.78. The predicted octanol–water partition coefficient (Wildman–Crippen LogP) is 3.22. The maximum absolute atomic E-state index is 12.4. The van der Waals surface area contributed by atoms with Gasteiger partial charge < -0.3 is 14.5 Å². The number of aromatic amines is 1. The van der Waals surface area contributed by atoms with Gasteiger partial charge in [0, 0.05) is 17.7 Å². The number of rotatable bonds is 5. The first-order valence-electron chi connectivity index (χ1n) is 7.80. The molecule has 0 saturated heterocycles. The van der Waals surface area contributed by atoms with Gasteiger partial charge in [-0.05, 0) is 24.3 Å². The molecule has 0 bridgehead atoms. The second-order valence-electron chi connectivity index (χ2n) is 5.57. The van der Waals surface area contributed by atoms with Crippen LogP contribution in [0.4, 0.5) is 5.69 Å². The number of benzene rings is 2. The Bertz CT molecular complexity index is 1020. The number of nitrogens with zero attached hydrogens (tertiary/aromatic N) is 2. The number of nitro benzene ring substituents is 1. The van der Waals surface area contributed by atoms with E-state index in [1.807, 2.05) is 0 Å². The van der Waals surface area contributed by atoms with Crippen molar-refractivity contribution in [2.45, 2.75) is 5.16 Å². The van der Waals surface area contributed by atoms with Gasteiger partial charge in [-0.3, -0.25) is 14.9 Å². The Morgan fingerprint density at radius 3 is 2.81 bits per heavy atom. The third-order valence-electron chi connectivity index (χ3n) is 3.86. The van der Waals surface area contributed by atoms with Gasteiger partial charge in [-0.25, -0.2) is 4.98 Å². The van der Waals surface area contributed by atoms with E-state index in [9.17, 15) is 14.9 Å². The molecular weight excluding hydrogens is 358 g/mol. The number of carbonyl (C=O) groups is 1. The molecule has 1 aromatic heterocycles. The molecule has 26 heavy (non-hydrogen) atoms. The molecule has 132 valence electrons. The van der Waals surface area contributed by atoms with E-state index in [0.717, 1.165) is 0 Å². The standard InChI is InChI=1S/C17H13N3O5S/c21-14(10-1-4-15-16(7-10)25-6-5-24-15)9-26-17-18-12-3-2-11(20(22)23)8-13(12)19-17/h1-4,7-8H,5-6,9H2,(H,18,19). The van der Waals surface area contributed by atoms with Crippen LogP contribution in [0.5, 0.6) is 11.5 Å². The summed E-state index contributed by atoms with van der Waals surface area (Å²) >= 11 is 1.24. The number of imidazole rings is 1. The van der Waals surface area contributed by atoms with Crippen LogP contribution in [0.1, 0.15) is 10.4 Å². The lowest BCUT2D eigenvalue weighted by atomic mass is 10.1. The summed E-state index contributed by atoms with van der Waals surface area (Å²) in [4.78, 5) is 30.1. The molecule has 0 atom stereocenters. The summed E-state index contributed by atoms with van der Waals surface area (Å²) < 4.78 is 10.9. The Labute approximate surface area is 151 Å². The van der Waals surface area contributed by atoms with Crippen LogP contribution in [0.25, 0.3) is 11.0 Å². The third kappa shape index (κ3) is 3.21. The molecule has 0 unspecified atom stereocenters. The number of fused-ring (bicyclic) bond motifs is 2. The Kier molecular flexibility index (Phi) is 4.21. The fourth-order valence-corrected chi connectivity index (χ4v) is 3.37. The highest BCUT2D eigenvalue weighted by atomic mass is 32.2. The van der Waals surface area contributed by atoms with Crippen molar-refractivity contribution in [3.8, 4) is 11.5 Å². The van der Waals surface area contributed by atoms with Crippen molar-refractivity contribution < 1.29 is 19.2 Å². The molecule has 1 aliphatic heterocycles. The monoisotopic (exact) mass is 371 g/mol.